The van der Waals surface area contributed by atoms with Crippen LogP contribution in [0.1, 0.15) is 13.3 Å². The third-order valence-electron chi connectivity index (χ3n) is 3.25. The molecule has 0 unspecified atom stereocenters. The van der Waals surface area contributed by atoms with Gasteiger partial charge in [-0.2, -0.15) is 0 Å². The number of hydrogen-bond donors (Lipinski definition) is 1. The molecule has 0 aliphatic carbocycles. The van der Waals surface area contributed by atoms with Crippen molar-refractivity contribution in [3.05, 3.63) is 24.0 Å². The molecule has 1 aromatic rings. The Balaban J connectivity index is 2.02. The van der Waals surface area contributed by atoms with Crippen LogP contribution in [0.5, 0.6) is 0 Å². The lowest BCUT2D eigenvalue weighted by Crippen LogP contribution is -2.46. The number of nitrogen functional groups attached to an aromatic ring is 1. The van der Waals surface area contributed by atoms with Crippen LogP contribution >= 0.6 is 0 Å². The zero-order valence-corrected chi connectivity index (χ0v) is 10.3. The molecule has 0 atom stereocenters. The van der Waals surface area contributed by atoms with Gasteiger partial charge in [0.2, 0.25) is 0 Å². The van der Waals surface area contributed by atoms with Gasteiger partial charge in [-0.15, -0.1) is 0 Å². The van der Waals surface area contributed by atoms with Crippen molar-refractivity contribution in [2.24, 2.45) is 0 Å². The molecule has 1 fully saturated rings. The number of benzene rings is 1. The molecule has 1 aliphatic rings. The average Bonchev–Trinajstić information content (AvgIpc) is 2.34. The number of anilines is 2. The fourth-order valence-corrected chi connectivity index (χ4v) is 2.32. The maximum Gasteiger partial charge on any atom is 0.125 e. The minimum Gasteiger partial charge on any atom is -0.397 e. The second kappa shape index (κ2) is 5.36. The highest BCUT2D eigenvalue weighted by Gasteiger charge is 2.18. The fourth-order valence-electron chi connectivity index (χ4n) is 2.32. The Morgan fingerprint density at radius 1 is 1.24 bits per heavy atom. The van der Waals surface area contributed by atoms with E-state index in [0.29, 0.717) is 5.69 Å². The van der Waals surface area contributed by atoms with E-state index in [1.165, 1.54) is 18.6 Å². The number of piperazine rings is 1. The van der Waals surface area contributed by atoms with Gasteiger partial charge in [-0.1, -0.05) is 6.92 Å². The second-order valence-corrected chi connectivity index (χ2v) is 4.53. The molecule has 1 aromatic carbocycles. The SMILES string of the molecule is CCCN1CCN(c2cc(F)ccc2N)CC1. The van der Waals surface area contributed by atoms with Gasteiger partial charge in [-0.25, -0.2) is 4.39 Å². The zero-order valence-electron chi connectivity index (χ0n) is 10.3. The van der Waals surface area contributed by atoms with Crippen molar-refractivity contribution in [3.8, 4) is 0 Å². The first-order chi connectivity index (χ1) is 8.20. The highest BCUT2D eigenvalue weighted by molar-refractivity contribution is 5.67. The molecule has 1 saturated heterocycles. The summed E-state index contributed by atoms with van der Waals surface area (Å²) in [4.78, 5) is 4.61. The third-order valence-corrected chi connectivity index (χ3v) is 3.25. The maximum atomic E-state index is 13.2. The van der Waals surface area contributed by atoms with E-state index in [0.717, 1.165) is 38.4 Å². The standard InChI is InChI=1S/C13H20FN3/c1-2-5-16-6-8-17(9-7-16)13-10-11(14)3-4-12(13)15/h3-4,10H,2,5-9,15H2,1H3. The second-order valence-electron chi connectivity index (χ2n) is 4.53. The van der Waals surface area contributed by atoms with Gasteiger partial charge < -0.3 is 10.6 Å². The molecule has 1 heterocycles. The van der Waals surface area contributed by atoms with Crippen LogP contribution in [0, 0.1) is 5.82 Å². The highest BCUT2D eigenvalue weighted by atomic mass is 19.1. The molecule has 3 nitrogen and oxygen atoms in total. The molecule has 0 aromatic heterocycles. The van der Waals surface area contributed by atoms with Crippen molar-refractivity contribution in [2.75, 3.05) is 43.4 Å². The predicted molar refractivity (Wildman–Crippen MR) is 69.8 cm³/mol. The quantitative estimate of drug-likeness (QED) is 0.815. The van der Waals surface area contributed by atoms with E-state index in [1.807, 2.05) is 0 Å². The van der Waals surface area contributed by atoms with E-state index in [-0.39, 0.29) is 5.82 Å². The van der Waals surface area contributed by atoms with Crippen LogP contribution < -0.4 is 10.6 Å². The lowest BCUT2D eigenvalue weighted by atomic mass is 10.2. The molecule has 0 spiro atoms. The first-order valence-corrected chi connectivity index (χ1v) is 6.23. The van der Waals surface area contributed by atoms with Crippen LogP contribution in [0.25, 0.3) is 0 Å². The van der Waals surface area contributed by atoms with Crippen LogP contribution in [0.2, 0.25) is 0 Å². The van der Waals surface area contributed by atoms with Crippen molar-refractivity contribution < 1.29 is 4.39 Å². The Kier molecular flexibility index (Phi) is 3.84. The summed E-state index contributed by atoms with van der Waals surface area (Å²) in [6, 6.07) is 4.58. The van der Waals surface area contributed by atoms with Gasteiger partial charge in [-0.3, -0.25) is 4.90 Å². The summed E-state index contributed by atoms with van der Waals surface area (Å²) in [6.45, 7) is 7.25. The lowest BCUT2D eigenvalue weighted by Gasteiger charge is -2.36. The Hall–Kier alpha value is -1.29. The molecule has 2 rings (SSSR count). The largest absolute Gasteiger partial charge is 0.397 e. The van der Waals surface area contributed by atoms with Gasteiger partial charge in [0.25, 0.3) is 0 Å². The van der Waals surface area contributed by atoms with E-state index in [4.69, 9.17) is 5.73 Å². The predicted octanol–water partition coefficient (Wildman–Crippen LogP) is 1.94. The van der Waals surface area contributed by atoms with E-state index < -0.39 is 0 Å². The smallest absolute Gasteiger partial charge is 0.125 e. The number of nitrogens with two attached hydrogens (primary N) is 1. The molecule has 1 aliphatic heterocycles. The summed E-state index contributed by atoms with van der Waals surface area (Å²) >= 11 is 0. The first kappa shape index (κ1) is 12.2. The van der Waals surface area contributed by atoms with Crippen LogP contribution in [0.4, 0.5) is 15.8 Å². The van der Waals surface area contributed by atoms with Crippen molar-refractivity contribution in [1.82, 2.24) is 4.90 Å². The van der Waals surface area contributed by atoms with E-state index in [2.05, 4.69) is 16.7 Å². The minimum atomic E-state index is -0.217. The monoisotopic (exact) mass is 237 g/mol. The van der Waals surface area contributed by atoms with Gasteiger partial charge >= 0.3 is 0 Å². The number of halogens is 1. The topological polar surface area (TPSA) is 32.5 Å². The summed E-state index contributed by atoms with van der Waals surface area (Å²) < 4.78 is 13.2. The van der Waals surface area contributed by atoms with Gasteiger partial charge in [0.1, 0.15) is 5.82 Å². The summed E-state index contributed by atoms with van der Waals surface area (Å²) in [5.41, 5.74) is 7.39. The molecule has 0 radical (unpaired) electrons. The van der Waals surface area contributed by atoms with Crippen molar-refractivity contribution in [2.45, 2.75) is 13.3 Å². The van der Waals surface area contributed by atoms with Crippen molar-refractivity contribution >= 4 is 11.4 Å². The molecule has 17 heavy (non-hydrogen) atoms. The Morgan fingerprint density at radius 3 is 2.59 bits per heavy atom. The summed E-state index contributed by atoms with van der Waals surface area (Å²) in [5, 5.41) is 0. The van der Waals surface area contributed by atoms with Crippen molar-refractivity contribution in [1.29, 1.82) is 0 Å². The van der Waals surface area contributed by atoms with E-state index in [1.54, 1.807) is 6.07 Å². The number of rotatable bonds is 3. The molecule has 0 bridgehead atoms. The van der Waals surface area contributed by atoms with Gasteiger partial charge in [0, 0.05) is 26.2 Å². The summed E-state index contributed by atoms with van der Waals surface area (Å²) in [6.07, 6.45) is 1.18. The first-order valence-electron chi connectivity index (χ1n) is 6.23. The summed E-state index contributed by atoms with van der Waals surface area (Å²) in [5.74, 6) is -0.217. The maximum absolute atomic E-state index is 13.2. The van der Waals surface area contributed by atoms with Crippen LogP contribution in [0.15, 0.2) is 18.2 Å². The normalized spacial score (nSPS) is 17.4. The third kappa shape index (κ3) is 2.88. The van der Waals surface area contributed by atoms with Gasteiger partial charge in [-0.05, 0) is 31.2 Å². The number of nitrogens with zero attached hydrogens (tertiary/aromatic N) is 2. The molecule has 0 amide bonds. The summed E-state index contributed by atoms with van der Waals surface area (Å²) in [7, 11) is 0. The fraction of sp³-hybridized carbons (Fsp3) is 0.538. The molecular formula is C13H20FN3. The lowest BCUT2D eigenvalue weighted by molar-refractivity contribution is 0.258. The minimum absolute atomic E-state index is 0.217. The molecule has 2 N–H and O–H groups in total. The zero-order chi connectivity index (χ0) is 12.3. The average molecular weight is 237 g/mol. The Morgan fingerprint density at radius 2 is 1.94 bits per heavy atom. The van der Waals surface area contributed by atoms with Crippen LogP contribution in [0.3, 0.4) is 0 Å². The van der Waals surface area contributed by atoms with E-state index >= 15 is 0 Å². The Bertz CT molecular complexity index is 373. The van der Waals surface area contributed by atoms with Gasteiger partial charge in [0.05, 0.1) is 11.4 Å². The highest BCUT2D eigenvalue weighted by Crippen LogP contribution is 2.25. The Labute approximate surface area is 102 Å². The van der Waals surface area contributed by atoms with E-state index in [9.17, 15) is 4.39 Å². The van der Waals surface area contributed by atoms with Crippen LogP contribution in [-0.4, -0.2) is 37.6 Å². The number of hydrogen-bond acceptors (Lipinski definition) is 3. The van der Waals surface area contributed by atoms with Crippen molar-refractivity contribution in [3.63, 3.8) is 0 Å². The van der Waals surface area contributed by atoms with Gasteiger partial charge in [0.15, 0.2) is 0 Å². The molecule has 0 saturated carbocycles. The molecule has 94 valence electrons. The molecule has 4 heteroatoms. The molecular weight excluding hydrogens is 217 g/mol. The van der Waals surface area contributed by atoms with Crippen LogP contribution in [-0.2, 0) is 0 Å².